The molecule has 4 aliphatic rings. The minimum atomic E-state index is 0.154. The molecule has 0 heterocycles. The van der Waals surface area contributed by atoms with Gasteiger partial charge in [0.05, 0.1) is 0 Å². The molecule has 2 fully saturated rings. The number of allylic oxidation sites excluding steroid dienone is 5. The van der Waals surface area contributed by atoms with Crippen LogP contribution in [0.15, 0.2) is 35.6 Å². The van der Waals surface area contributed by atoms with E-state index in [-0.39, 0.29) is 5.41 Å². The van der Waals surface area contributed by atoms with Crippen LogP contribution in [-0.2, 0) is 0 Å². The van der Waals surface area contributed by atoms with Gasteiger partial charge in [-0.15, -0.1) is 0 Å². The zero-order valence-electron chi connectivity index (χ0n) is 14.3. The normalized spacial score (nSPS) is 49.8. The predicted octanol–water partition coefficient (Wildman–Crippen LogP) is 5.80. The highest BCUT2D eigenvalue weighted by Gasteiger charge is 2.57. The SMILES string of the molecule is CC[C@H]1CC[C@H]2[C@@H]3CC=C4C=C(O)C=C[C@]4(C)[C@H]3CC[C@]12C. The summed E-state index contributed by atoms with van der Waals surface area (Å²) in [6.45, 7) is 7.39. The van der Waals surface area contributed by atoms with Crippen LogP contribution in [0.1, 0.15) is 59.3 Å². The van der Waals surface area contributed by atoms with Crippen LogP contribution in [0, 0.1) is 34.5 Å². The first-order chi connectivity index (χ1) is 10.5. The summed E-state index contributed by atoms with van der Waals surface area (Å²) in [4.78, 5) is 0. The van der Waals surface area contributed by atoms with Gasteiger partial charge in [0, 0.05) is 5.41 Å². The molecule has 0 radical (unpaired) electrons. The van der Waals surface area contributed by atoms with Gasteiger partial charge in [-0.2, -0.15) is 0 Å². The molecular formula is C21H30O. The fourth-order valence-electron chi connectivity index (χ4n) is 6.74. The van der Waals surface area contributed by atoms with Gasteiger partial charge in [-0.25, -0.2) is 0 Å². The van der Waals surface area contributed by atoms with Gasteiger partial charge in [-0.3, -0.25) is 0 Å². The number of hydrogen-bond donors (Lipinski definition) is 1. The summed E-state index contributed by atoms with van der Waals surface area (Å²) >= 11 is 0. The van der Waals surface area contributed by atoms with Crippen molar-refractivity contribution in [3.8, 4) is 0 Å². The van der Waals surface area contributed by atoms with E-state index in [1.807, 2.05) is 12.2 Å². The van der Waals surface area contributed by atoms with E-state index >= 15 is 0 Å². The smallest absolute Gasteiger partial charge is 0.115 e. The topological polar surface area (TPSA) is 20.2 Å². The fraction of sp³-hybridized carbons (Fsp3) is 0.714. The van der Waals surface area contributed by atoms with Crippen molar-refractivity contribution >= 4 is 0 Å². The van der Waals surface area contributed by atoms with E-state index < -0.39 is 0 Å². The molecule has 22 heavy (non-hydrogen) atoms. The Balaban J connectivity index is 1.71. The van der Waals surface area contributed by atoms with Crippen LogP contribution in [0.25, 0.3) is 0 Å². The summed E-state index contributed by atoms with van der Waals surface area (Å²) < 4.78 is 0. The lowest BCUT2D eigenvalue weighted by Crippen LogP contribution is -2.48. The summed E-state index contributed by atoms with van der Waals surface area (Å²) in [5, 5.41) is 9.85. The van der Waals surface area contributed by atoms with E-state index in [1.54, 1.807) is 0 Å². The van der Waals surface area contributed by atoms with Gasteiger partial charge in [-0.1, -0.05) is 39.3 Å². The van der Waals surface area contributed by atoms with Crippen LogP contribution in [-0.4, -0.2) is 5.11 Å². The Morgan fingerprint density at radius 2 is 2.00 bits per heavy atom. The maximum absolute atomic E-state index is 9.85. The Morgan fingerprint density at radius 3 is 2.77 bits per heavy atom. The molecule has 4 rings (SSSR count). The van der Waals surface area contributed by atoms with E-state index in [1.165, 1.54) is 44.1 Å². The molecule has 0 aromatic carbocycles. The van der Waals surface area contributed by atoms with Gasteiger partial charge in [0.1, 0.15) is 5.76 Å². The highest BCUT2D eigenvalue weighted by Crippen LogP contribution is 2.65. The molecule has 4 aliphatic carbocycles. The number of rotatable bonds is 1. The molecule has 0 aliphatic heterocycles. The molecule has 0 unspecified atom stereocenters. The molecule has 2 saturated carbocycles. The average Bonchev–Trinajstić information content (AvgIpc) is 2.84. The summed E-state index contributed by atoms with van der Waals surface area (Å²) in [6, 6.07) is 0. The minimum Gasteiger partial charge on any atom is -0.508 e. The van der Waals surface area contributed by atoms with Crippen LogP contribution in [0.3, 0.4) is 0 Å². The zero-order valence-corrected chi connectivity index (χ0v) is 14.3. The zero-order chi connectivity index (χ0) is 15.5. The van der Waals surface area contributed by atoms with Crippen molar-refractivity contribution in [2.45, 2.75) is 59.3 Å². The Labute approximate surface area is 135 Å². The standard InChI is InChI=1S/C21H30O/c1-4-14-6-8-18-17-7-5-15-13-16(22)9-11-21(15,3)19(17)10-12-20(14,18)2/h5,9,11,13-14,17-19,22H,4,6-8,10,12H2,1-3H3/t14-,17-,18-,19-,20+,21-/m0/s1. The van der Waals surface area contributed by atoms with Crippen molar-refractivity contribution in [1.82, 2.24) is 0 Å². The fourth-order valence-corrected chi connectivity index (χ4v) is 6.74. The molecule has 0 aromatic heterocycles. The van der Waals surface area contributed by atoms with Crippen LogP contribution in [0.4, 0.5) is 0 Å². The second-order valence-electron chi connectivity index (χ2n) is 8.68. The summed E-state index contributed by atoms with van der Waals surface area (Å²) in [5.74, 6) is 3.90. The first kappa shape index (κ1) is 14.6. The molecule has 0 spiro atoms. The molecule has 0 amide bonds. The van der Waals surface area contributed by atoms with Crippen LogP contribution < -0.4 is 0 Å². The lowest BCUT2D eigenvalue weighted by Gasteiger charge is -2.56. The minimum absolute atomic E-state index is 0.154. The third-order valence-corrected chi connectivity index (χ3v) is 8.03. The Hall–Kier alpha value is -0.980. The third-order valence-electron chi connectivity index (χ3n) is 8.03. The number of aliphatic hydroxyl groups is 1. The van der Waals surface area contributed by atoms with E-state index in [0.29, 0.717) is 11.2 Å². The molecule has 0 bridgehead atoms. The van der Waals surface area contributed by atoms with Gasteiger partial charge in [0.25, 0.3) is 0 Å². The molecule has 1 heteroatoms. The lowest BCUT2D eigenvalue weighted by atomic mass is 9.49. The van der Waals surface area contributed by atoms with Gasteiger partial charge < -0.3 is 5.11 Å². The number of fused-ring (bicyclic) bond motifs is 5. The van der Waals surface area contributed by atoms with Crippen molar-refractivity contribution in [3.63, 3.8) is 0 Å². The molecule has 120 valence electrons. The molecule has 1 nitrogen and oxygen atoms in total. The average molecular weight is 298 g/mol. The highest BCUT2D eigenvalue weighted by atomic mass is 16.3. The van der Waals surface area contributed by atoms with E-state index in [2.05, 4.69) is 32.9 Å². The van der Waals surface area contributed by atoms with Crippen LogP contribution in [0.5, 0.6) is 0 Å². The van der Waals surface area contributed by atoms with Gasteiger partial charge in [-0.05, 0) is 78.9 Å². The van der Waals surface area contributed by atoms with Crippen LogP contribution >= 0.6 is 0 Å². The van der Waals surface area contributed by atoms with Gasteiger partial charge >= 0.3 is 0 Å². The van der Waals surface area contributed by atoms with Gasteiger partial charge in [0.2, 0.25) is 0 Å². The first-order valence-corrected chi connectivity index (χ1v) is 9.29. The first-order valence-electron chi connectivity index (χ1n) is 9.29. The maximum Gasteiger partial charge on any atom is 0.115 e. The summed E-state index contributed by atoms with van der Waals surface area (Å²) in [7, 11) is 0. The van der Waals surface area contributed by atoms with Gasteiger partial charge in [0.15, 0.2) is 0 Å². The Bertz CT molecular complexity index is 568. The maximum atomic E-state index is 9.85. The molecule has 0 aromatic rings. The molecule has 0 saturated heterocycles. The quantitative estimate of drug-likeness (QED) is 0.648. The van der Waals surface area contributed by atoms with E-state index in [4.69, 9.17) is 0 Å². The second kappa shape index (κ2) is 4.76. The third kappa shape index (κ3) is 1.77. The summed E-state index contributed by atoms with van der Waals surface area (Å²) in [5.41, 5.74) is 2.11. The molecule has 1 N–H and O–H groups in total. The lowest BCUT2D eigenvalue weighted by molar-refractivity contribution is -0.0212. The highest BCUT2D eigenvalue weighted by molar-refractivity contribution is 5.43. The Morgan fingerprint density at radius 1 is 1.18 bits per heavy atom. The Kier molecular flexibility index (Phi) is 3.16. The molecular weight excluding hydrogens is 268 g/mol. The second-order valence-corrected chi connectivity index (χ2v) is 8.68. The predicted molar refractivity (Wildman–Crippen MR) is 91.5 cm³/mol. The largest absolute Gasteiger partial charge is 0.508 e. The monoisotopic (exact) mass is 298 g/mol. The van der Waals surface area contributed by atoms with Crippen molar-refractivity contribution < 1.29 is 5.11 Å². The van der Waals surface area contributed by atoms with Crippen molar-refractivity contribution in [2.75, 3.05) is 0 Å². The van der Waals surface area contributed by atoms with Crippen molar-refractivity contribution in [3.05, 3.63) is 35.6 Å². The summed E-state index contributed by atoms with van der Waals surface area (Å²) in [6.07, 6.45) is 16.9. The van der Waals surface area contributed by atoms with E-state index in [0.717, 1.165) is 23.7 Å². The number of hydrogen-bond acceptors (Lipinski definition) is 1. The van der Waals surface area contributed by atoms with Crippen LogP contribution in [0.2, 0.25) is 0 Å². The van der Waals surface area contributed by atoms with Crippen molar-refractivity contribution in [2.24, 2.45) is 34.5 Å². The molecule has 6 atom stereocenters. The van der Waals surface area contributed by atoms with Crippen molar-refractivity contribution in [1.29, 1.82) is 0 Å². The number of aliphatic hydroxyl groups excluding tert-OH is 1. The van der Waals surface area contributed by atoms with E-state index in [9.17, 15) is 5.11 Å².